The number of hydrogen-bond donors (Lipinski definition) is 2. The van der Waals surface area contributed by atoms with E-state index >= 15 is 0 Å². The Hall–Kier alpha value is -3.47. The maximum absolute atomic E-state index is 13.2. The second-order valence-corrected chi connectivity index (χ2v) is 10.0. The molecule has 10 nitrogen and oxygen atoms in total. The number of aryl methyl sites for hydroxylation is 2. The third-order valence-corrected chi connectivity index (χ3v) is 6.98. The Bertz CT molecular complexity index is 1160. The summed E-state index contributed by atoms with van der Waals surface area (Å²) in [5.74, 6) is 2.25. The van der Waals surface area contributed by atoms with E-state index in [9.17, 15) is 4.79 Å². The molecule has 1 unspecified atom stereocenters. The average Bonchev–Trinajstić information content (AvgIpc) is 3.40. The Morgan fingerprint density at radius 1 is 1.03 bits per heavy atom. The molecule has 2 fully saturated rings. The second kappa shape index (κ2) is 11.3. The molecule has 1 amide bonds. The van der Waals surface area contributed by atoms with Crippen molar-refractivity contribution in [2.75, 3.05) is 38.1 Å². The van der Waals surface area contributed by atoms with E-state index in [0.717, 1.165) is 24.2 Å². The summed E-state index contributed by atoms with van der Waals surface area (Å²) in [4.78, 5) is 30.8. The maximum Gasteiger partial charge on any atom is 0.267 e. The van der Waals surface area contributed by atoms with Crippen molar-refractivity contribution < 1.29 is 14.3 Å². The number of piperazine rings is 1. The molecule has 1 saturated carbocycles. The Balaban J connectivity index is 1.25. The van der Waals surface area contributed by atoms with Gasteiger partial charge in [0.25, 0.3) is 5.91 Å². The first-order valence-electron chi connectivity index (χ1n) is 12.9. The molecule has 5 rings (SSSR count). The lowest BCUT2D eigenvalue weighted by molar-refractivity contribution is -0.142. The van der Waals surface area contributed by atoms with Crippen molar-refractivity contribution >= 4 is 35.1 Å². The topological polar surface area (TPSA) is 104 Å². The summed E-state index contributed by atoms with van der Waals surface area (Å²) in [6, 6.07) is 9.70. The van der Waals surface area contributed by atoms with E-state index in [2.05, 4.69) is 25.5 Å². The largest absolute Gasteiger partial charge is 0.485 e. The lowest BCUT2D eigenvalue weighted by Gasteiger charge is -2.38. The minimum Gasteiger partial charge on any atom is -0.485 e. The zero-order valence-corrected chi connectivity index (χ0v) is 22.1. The summed E-state index contributed by atoms with van der Waals surface area (Å²) in [6.07, 6.45) is 3.99. The molecule has 2 aromatic rings. The quantitative estimate of drug-likeness (QED) is 0.357. The van der Waals surface area contributed by atoms with Crippen LogP contribution < -0.4 is 20.1 Å². The first-order valence-corrected chi connectivity index (χ1v) is 13.3. The zero-order valence-electron chi connectivity index (χ0n) is 21.3. The molecule has 1 aliphatic carbocycles. The van der Waals surface area contributed by atoms with Crippen LogP contribution in [0.3, 0.4) is 0 Å². The van der Waals surface area contributed by atoms with Crippen LogP contribution in [-0.2, 0) is 4.79 Å². The van der Waals surface area contributed by atoms with Crippen LogP contribution in [0.15, 0.2) is 35.3 Å². The van der Waals surface area contributed by atoms with Crippen molar-refractivity contribution in [3.63, 3.8) is 0 Å². The molecular formula is C26H33N7O3S. The van der Waals surface area contributed by atoms with Crippen LogP contribution in [0.25, 0.3) is 0 Å². The summed E-state index contributed by atoms with van der Waals surface area (Å²) in [6.45, 7) is 6.29. The number of fused-ring (bicyclic) bond motifs is 1. The summed E-state index contributed by atoms with van der Waals surface area (Å²) < 4.78 is 11.7. The molecule has 11 heteroatoms. The van der Waals surface area contributed by atoms with Crippen LogP contribution in [0.4, 0.5) is 5.95 Å². The van der Waals surface area contributed by atoms with Gasteiger partial charge in [0.15, 0.2) is 16.6 Å². The van der Waals surface area contributed by atoms with E-state index in [4.69, 9.17) is 26.7 Å². The number of nitrogens with one attached hydrogen (secondary N) is 2. The van der Waals surface area contributed by atoms with Gasteiger partial charge in [-0.3, -0.25) is 10.1 Å². The van der Waals surface area contributed by atoms with E-state index in [-0.39, 0.29) is 12.5 Å². The van der Waals surface area contributed by atoms with Crippen LogP contribution >= 0.6 is 12.2 Å². The van der Waals surface area contributed by atoms with Crippen LogP contribution in [0.2, 0.25) is 0 Å². The van der Waals surface area contributed by atoms with E-state index in [1.54, 1.807) is 0 Å². The number of carbonyl (C=O) groups is 1. The van der Waals surface area contributed by atoms with Gasteiger partial charge in [0.05, 0.1) is 0 Å². The van der Waals surface area contributed by atoms with Gasteiger partial charge in [0.1, 0.15) is 6.61 Å². The number of carbonyl (C=O) groups excluding carboxylic acids is 1. The standard InChI is InChI=1S/C26H33N7O3S/c1-17-15-18(2)28-24(27-17)30-25(31-26(37)29-19-7-3-4-8-19)33-13-11-32(12-14-33)23(34)22-16-35-20-9-5-6-10-21(20)36-22/h5-6,9-10,15,19,22H,3-4,7-8,11-14,16H2,1-2H3,(H2,27,28,29,30,31,37). The van der Waals surface area contributed by atoms with Gasteiger partial charge in [-0.2, -0.15) is 4.99 Å². The van der Waals surface area contributed by atoms with E-state index in [1.807, 2.05) is 49.1 Å². The molecule has 0 radical (unpaired) electrons. The lowest BCUT2D eigenvalue weighted by Crippen LogP contribution is -2.56. The van der Waals surface area contributed by atoms with Crippen molar-refractivity contribution in [2.45, 2.75) is 51.7 Å². The van der Waals surface area contributed by atoms with Crippen molar-refractivity contribution in [2.24, 2.45) is 4.99 Å². The highest BCUT2D eigenvalue weighted by molar-refractivity contribution is 7.80. The molecule has 196 valence electrons. The van der Waals surface area contributed by atoms with Gasteiger partial charge in [-0.15, -0.1) is 0 Å². The Morgan fingerprint density at radius 3 is 2.38 bits per heavy atom. The van der Waals surface area contributed by atoms with E-state index < -0.39 is 6.10 Å². The predicted octanol–water partition coefficient (Wildman–Crippen LogP) is 2.66. The molecule has 1 aromatic carbocycles. The summed E-state index contributed by atoms with van der Waals surface area (Å²) >= 11 is 5.59. The number of rotatable bonds is 3. The van der Waals surface area contributed by atoms with Gasteiger partial charge in [-0.05, 0) is 57.1 Å². The SMILES string of the molecule is Cc1cc(C)nc(N/C(=N/C(=S)NC2CCCC2)N2CCN(C(=O)C3COc4ccccc4O3)CC2)n1. The highest BCUT2D eigenvalue weighted by atomic mass is 32.1. The smallest absolute Gasteiger partial charge is 0.267 e. The Labute approximate surface area is 222 Å². The number of hydrogen-bond acceptors (Lipinski definition) is 6. The number of nitrogens with zero attached hydrogens (tertiary/aromatic N) is 5. The fraction of sp³-hybridized carbons (Fsp3) is 0.500. The van der Waals surface area contributed by atoms with Gasteiger partial charge < -0.3 is 24.6 Å². The predicted molar refractivity (Wildman–Crippen MR) is 145 cm³/mol. The Morgan fingerprint density at radius 2 is 1.68 bits per heavy atom. The van der Waals surface area contributed by atoms with Gasteiger partial charge in [0.2, 0.25) is 18.0 Å². The number of aliphatic imine (C=N–C) groups is 1. The van der Waals surface area contributed by atoms with Crippen molar-refractivity contribution in [3.8, 4) is 11.5 Å². The molecule has 3 aliphatic rings. The molecule has 2 aliphatic heterocycles. The number of guanidine groups is 1. The highest BCUT2D eigenvalue weighted by Gasteiger charge is 2.33. The number of anilines is 1. The van der Waals surface area contributed by atoms with Gasteiger partial charge in [-0.25, -0.2) is 9.97 Å². The van der Waals surface area contributed by atoms with Gasteiger partial charge >= 0.3 is 0 Å². The normalized spacial score (nSPS) is 20.1. The molecule has 1 atom stereocenters. The molecule has 2 N–H and O–H groups in total. The van der Waals surface area contributed by atoms with Gasteiger partial charge in [0, 0.05) is 43.6 Å². The number of aromatic nitrogens is 2. The fourth-order valence-electron chi connectivity index (χ4n) is 4.92. The summed E-state index contributed by atoms with van der Waals surface area (Å²) in [5.41, 5.74) is 1.74. The van der Waals surface area contributed by atoms with E-state index in [0.29, 0.717) is 60.7 Å². The van der Waals surface area contributed by atoms with Crippen LogP contribution in [0.1, 0.15) is 37.1 Å². The van der Waals surface area contributed by atoms with E-state index in [1.165, 1.54) is 12.8 Å². The minimum absolute atomic E-state index is 0.0725. The molecule has 1 aromatic heterocycles. The van der Waals surface area contributed by atoms with Crippen LogP contribution in [-0.4, -0.2) is 81.7 Å². The van der Waals surface area contributed by atoms with Gasteiger partial charge in [-0.1, -0.05) is 25.0 Å². The van der Waals surface area contributed by atoms with Crippen LogP contribution in [0, 0.1) is 13.8 Å². The number of ether oxygens (including phenoxy) is 2. The number of amides is 1. The lowest BCUT2D eigenvalue weighted by atomic mass is 10.2. The van der Waals surface area contributed by atoms with Crippen molar-refractivity contribution in [1.82, 2.24) is 25.1 Å². The number of thiocarbonyl (C=S) groups is 1. The third-order valence-electron chi connectivity index (χ3n) is 6.77. The van der Waals surface area contributed by atoms with Crippen molar-refractivity contribution in [1.29, 1.82) is 0 Å². The first kappa shape index (κ1) is 25.2. The fourth-order valence-corrected chi connectivity index (χ4v) is 5.17. The minimum atomic E-state index is -0.653. The summed E-state index contributed by atoms with van der Waals surface area (Å²) in [5, 5.41) is 7.11. The number of benzene rings is 1. The molecule has 37 heavy (non-hydrogen) atoms. The van der Waals surface area contributed by atoms with Crippen LogP contribution in [0.5, 0.6) is 11.5 Å². The molecule has 0 spiro atoms. The average molecular weight is 524 g/mol. The third kappa shape index (κ3) is 6.27. The first-order chi connectivity index (χ1) is 17.9. The molecule has 0 bridgehead atoms. The number of para-hydroxylation sites is 2. The molecule has 3 heterocycles. The Kier molecular flexibility index (Phi) is 7.68. The monoisotopic (exact) mass is 523 g/mol. The molecule has 1 saturated heterocycles. The summed E-state index contributed by atoms with van der Waals surface area (Å²) in [7, 11) is 0. The molecular weight excluding hydrogens is 490 g/mol. The van der Waals surface area contributed by atoms with Crippen molar-refractivity contribution in [3.05, 3.63) is 41.7 Å². The maximum atomic E-state index is 13.2. The second-order valence-electron chi connectivity index (χ2n) is 9.64. The zero-order chi connectivity index (χ0) is 25.8. The highest BCUT2D eigenvalue weighted by Crippen LogP contribution is 2.31.